The standard InChI is InChI=1S/C30H48N2O6.C27H43BrN2O6/c1-10-13-23-18-27(37-22(4)5)26(36-17-12-16-35-9)19-25(23)28(33)32(21(2)3)24-14-11-15-31(20-24)29(34)38-30(6,7)8;1-18(2)30(20-11-9-12-29(17-20)26(32)36-27(5,6)7)25(31)21-15-23(34-14-10-13-33-8)24(16-22(21)28)35-19(3)4/h10,13,18-19,21-22,24H,11-12,14-17,20H2,1-9H3;15-16,18-20H,9-14,17H2,1-8H3/b13-10+;/t24-;20-/m11/s1. The monoisotopic (exact) mass is 1100 g/mol. The fraction of sp³-hybridized carbons (Fsp3) is 0.684. The second-order valence-electron chi connectivity index (χ2n) is 21.9. The molecule has 0 bridgehead atoms. The normalized spacial score (nSPS) is 16.3. The van der Waals surface area contributed by atoms with E-state index in [1.165, 1.54) is 0 Å². The minimum Gasteiger partial charge on any atom is -0.490 e. The van der Waals surface area contributed by atoms with Crippen LogP contribution < -0.4 is 18.9 Å². The first-order valence-electron chi connectivity index (χ1n) is 26.5. The van der Waals surface area contributed by atoms with Gasteiger partial charge in [-0.25, -0.2) is 9.59 Å². The second-order valence-corrected chi connectivity index (χ2v) is 22.8. The number of hydrogen-bond donors (Lipinski definition) is 0. The van der Waals surface area contributed by atoms with E-state index in [-0.39, 0.29) is 60.4 Å². The van der Waals surface area contributed by atoms with Gasteiger partial charge in [0.05, 0.1) is 48.6 Å². The zero-order valence-corrected chi connectivity index (χ0v) is 49.5. The van der Waals surface area contributed by atoms with E-state index < -0.39 is 11.2 Å². The van der Waals surface area contributed by atoms with Gasteiger partial charge in [0, 0.05) is 83.0 Å². The van der Waals surface area contributed by atoms with Gasteiger partial charge in [-0.1, -0.05) is 12.2 Å². The van der Waals surface area contributed by atoms with Gasteiger partial charge in [0.15, 0.2) is 23.0 Å². The van der Waals surface area contributed by atoms with Gasteiger partial charge in [-0.05, 0) is 175 Å². The van der Waals surface area contributed by atoms with E-state index in [4.69, 9.17) is 37.9 Å². The molecular weight excluding hydrogens is 1010 g/mol. The third-order valence-electron chi connectivity index (χ3n) is 11.6. The predicted octanol–water partition coefficient (Wildman–Crippen LogP) is 12.1. The van der Waals surface area contributed by atoms with E-state index >= 15 is 0 Å². The molecule has 2 saturated heterocycles. The summed E-state index contributed by atoms with van der Waals surface area (Å²) in [5.41, 5.74) is 0.670. The van der Waals surface area contributed by atoms with Crippen molar-refractivity contribution in [3.63, 3.8) is 0 Å². The Morgan fingerprint density at radius 2 is 1.03 bits per heavy atom. The molecule has 17 heteroatoms. The maximum atomic E-state index is 14.2. The molecule has 0 unspecified atom stereocenters. The van der Waals surface area contributed by atoms with Crippen LogP contribution in [0.5, 0.6) is 23.0 Å². The van der Waals surface area contributed by atoms with Gasteiger partial charge in [0.1, 0.15) is 11.2 Å². The van der Waals surface area contributed by atoms with E-state index in [0.29, 0.717) is 91.2 Å². The molecule has 0 radical (unpaired) electrons. The molecule has 16 nitrogen and oxygen atoms in total. The molecule has 2 fully saturated rings. The highest BCUT2D eigenvalue weighted by Gasteiger charge is 2.37. The van der Waals surface area contributed by atoms with Crippen LogP contribution in [0.1, 0.15) is 169 Å². The lowest BCUT2D eigenvalue weighted by Crippen LogP contribution is -2.54. The van der Waals surface area contributed by atoms with Crippen LogP contribution in [0.3, 0.4) is 0 Å². The third-order valence-corrected chi connectivity index (χ3v) is 12.3. The van der Waals surface area contributed by atoms with Crippen molar-refractivity contribution in [3.8, 4) is 23.0 Å². The van der Waals surface area contributed by atoms with Crippen molar-refractivity contribution >= 4 is 46.0 Å². The largest absolute Gasteiger partial charge is 0.490 e. The SMILES string of the molecule is C/C=C/c1cc(OC(C)C)c(OCCCOC)cc1C(=O)N(C(C)C)[C@@H]1CCCN(C(=O)OC(C)(C)C)C1.COCCCOc1cc(C(=O)N(C(C)C)[C@@H]2CCCN(C(=O)OC(C)(C)C)C2)c(Br)cc1OC(C)C. The molecule has 0 N–H and O–H groups in total. The highest BCUT2D eigenvalue weighted by molar-refractivity contribution is 9.10. The lowest BCUT2D eigenvalue weighted by atomic mass is 9.98. The van der Waals surface area contributed by atoms with Crippen LogP contribution >= 0.6 is 15.9 Å². The molecule has 2 heterocycles. The molecule has 418 valence electrons. The van der Waals surface area contributed by atoms with Gasteiger partial charge >= 0.3 is 12.2 Å². The van der Waals surface area contributed by atoms with Crippen LogP contribution in [0.4, 0.5) is 9.59 Å². The van der Waals surface area contributed by atoms with Crippen molar-refractivity contribution in [1.82, 2.24) is 19.6 Å². The number of benzene rings is 2. The zero-order chi connectivity index (χ0) is 55.5. The Morgan fingerprint density at radius 3 is 1.41 bits per heavy atom. The Hall–Kier alpha value is -4.74. The Balaban J connectivity index is 0.000000391. The summed E-state index contributed by atoms with van der Waals surface area (Å²) in [4.78, 5) is 60.8. The van der Waals surface area contributed by atoms with Crippen LogP contribution in [0.15, 0.2) is 34.8 Å². The summed E-state index contributed by atoms with van der Waals surface area (Å²) in [7, 11) is 3.31. The number of amides is 4. The van der Waals surface area contributed by atoms with E-state index in [1.54, 1.807) is 42.2 Å². The molecular formula is C57H91BrN4O12. The predicted molar refractivity (Wildman–Crippen MR) is 295 cm³/mol. The highest BCUT2D eigenvalue weighted by atomic mass is 79.9. The zero-order valence-electron chi connectivity index (χ0n) is 47.9. The quantitative estimate of drug-likeness (QED) is 0.109. The average molecular weight is 1100 g/mol. The van der Waals surface area contributed by atoms with Crippen LogP contribution in [-0.4, -0.2) is 158 Å². The maximum Gasteiger partial charge on any atom is 0.410 e. The summed E-state index contributed by atoms with van der Waals surface area (Å²) < 4.78 is 46.2. The Kier molecular flexibility index (Phi) is 25.9. The Bertz CT molecular complexity index is 2130. The first kappa shape index (κ1) is 63.6. The summed E-state index contributed by atoms with van der Waals surface area (Å²) in [6.07, 6.45) is 7.73. The van der Waals surface area contributed by atoms with Crippen molar-refractivity contribution in [2.75, 3.05) is 66.8 Å². The summed E-state index contributed by atoms with van der Waals surface area (Å²) in [5.74, 6) is 2.03. The molecule has 0 saturated carbocycles. The summed E-state index contributed by atoms with van der Waals surface area (Å²) in [6.45, 7) is 33.1. The Morgan fingerprint density at radius 1 is 0.622 bits per heavy atom. The topological polar surface area (TPSA) is 155 Å². The molecule has 2 aromatic carbocycles. The lowest BCUT2D eigenvalue weighted by Gasteiger charge is -2.41. The van der Waals surface area contributed by atoms with Gasteiger partial charge in [-0.3, -0.25) is 9.59 Å². The van der Waals surface area contributed by atoms with Crippen LogP contribution in [0, 0.1) is 0 Å². The number of nitrogens with zero attached hydrogens (tertiary/aromatic N) is 4. The number of piperidine rings is 2. The summed E-state index contributed by atoms with van der Waals surface area (Å²) in [6, 6.07) is 6.85. The first-order valence-corrected chi connectivity index (χ1v) is 27.3. The van der Waals surface area contributed by atoms with E-state index in [1.807, 2.05) is 132 Å². The van der Waals surface area contributed by atoms with Crippen LogP contribution in [0.25, 0.3) is 6.08 Å². The second kappa shape index (κ2) is 30.1. The molecule has 4 amide bonds. The van der Waals surface area contributed by atoms with Gasteiger partial charge in [-0.2, -0.15) is 0 Å². The molecule has 2 aliphatic rings. The molecule has 0 spiro atoms. The number of carbonyl (C=O) groups is 4. The fourth-order valence-corrected chi connectivity index (χ4v) is 9.23. The molecule has 2 aromatic rings. The van der Waals surface area contributed by atoms with Gasteiger partial charge < -0.3 is 57.5 Å². The number of carbonyl (C=O) groups excluding carboxylic acids is 4. The van der Waals surface area contributed by atoms with Crippen molar-refractivity contribution in [1.29, 1.82) is 0 Å². The van der Waals surface area contributed by atoms with Gasteiger partial charge in [0.25, 0.3) is 11.8 Å². The smallest absolute Gasteiger partial charge is 0.410 e. The maximum absolute atomic E-state index is 14.2. The van der Waals surface area contributed by atoms with Crippen LogP contribution in [0.2, 0.25) is 0 Å². The van der Waals surface area contributed by atoms with E-state index in [2.05, 4.69) is 15.9 Å². The lowest BCUT2D eigenvalue weighted by molar-refractivity contribution is 0.00723. The number of methoxy groups -OCH3 is 2. The minimum absolute atomic E-state index is 0.0481. The molecule has 2 aliphatic heterocycles. The molecule has 4 rings (SSSR count). The molecule has 74 heavy (non-hydrogen) atoms. The number of halogens is 1. The van der Waals surface area contributed by atoms with Crippen molar-refractivity contribution in [2.24, 2.45) is 0 Å². The highest BCUT2D eigenvalue weighted by Crippen LogP contribution is 2.37. The number of ether oxygens (including phenoxy) is 8. The van der Waals surface area contributed by atoms with E-state index in [0.717, 1.165) is 44.1 Å². The average Bonchev–Trinajstić information content (AvgIpc) is 3.29. The summed E-state index contributed by atoms with van der Waals surface area (Å²) in [5, 5.41) is 0. The molecule has 0 aliphatic carbocycles. The van der Waals surface area contributed by atoms with Crippen molar-refractivity contribution in [3.05, 3.63) is 51.5 Å². The number of likely N-dealkylation sites (tertiary alicyclic amines) is 2. The molecule has 0 aromatic heterocycles. The number of hydrogen-bond acceptors (Lipinski definition) is 12. The minimum atomic E-state index is -0.571. The van der Waals surface area contributed by atoms with Gasteiger partial charge in [0.2, 0.25) is 0 Å². The summed E-state index contributed by atoms with van der Waals surface area (Å²) >= 11 is 3.59. The number of rotatable bonds is 21. The fourth-order valence-electron chi connectivity index (χ4n) is 8.74. The van der Waals surface area contributed by atoms with Crippen molar-refractivity contribution in [2.45, 2.75) is 190 Å². The van der Waals surface area contributed by atoms with Crippen LogP contribution in [-0.2, 0) is 18.9 Å². The first-order chi connectivity index (χ1) is 34.7. The van der Waals surface area contributed by atoms with Crippen molar-refractivity contribution < 1.29 is 57.1 Å². The third kappa shape index (κ3) is 20.4. The van der Waals surface area contributed by atoms with E-state index in [9.17, 15) is 19.2 Å². The molecule has 2 atom stereocenters. The number of allylic oxidation sites excluding steroid dienone is 1. The Labute approximate surface area is 452 Å². The van der Waals surface area contributed by atoms with Gasteiger partial charge in [-0.15, -0.1) is 0 Å².